The molecular formula is C23H23ClF3N5O. The molecule has 174 valence electrons. The quantitative estimate of drug-likeness (QED) is 0.539. The molecule has 3 heterocycles. The molecule has 1 aliphatic carbocycles. The van der Waals surface area contributed by atoms with E-state index in [0.29, 0.717) is 34.3 Å². The van der Waals surface area contributed by atoms with E-state index < -0.39 is 17.9 Å². The first-order valence-electron chi connectivity index (χ1n) is 10.8. The predicted octanol–water partition coefficient (Wildman–Crippen LogP) is 4.94. The Labute approximate surface area is 193 Å². The second-order valence-corrected chi connectivity index (χ2v) is 9.47. The maximum Gasteiger partial charge on any atom is 0.435 e. The van der Waals surface area contributed by atoms with Crippen LogP contribution in [0.4, 0.5) is 24.8 Å². The average Bonchev–Trinajstić information content (AvgIpc) is 3.36. The summed E-state index contributed by atoms with van der Waals surface area (Å²) in [5, 5.41) is 3.12. The Balaban J connectivity index is 1.59. The summed E-state index contributed by atoms with van der Waals surface area (Å²) < 4.78 is 42.2. The Hall–Kier alpha value is -2.81. The number of hydrogen-bond acceptors (Lipinski definition) is 5. The van der Waals surface area contributed by atoms with Crippen molar-refractivity contribution >= 4 is 34.1 Å². The standard InChI is InChI=1S/C23H23ClF3N5O/c1-11-6-15(12(2)28-17-4-5-18(24)29-20(17)23(25,26)27)19-16(7-11)21(33)31(3)22(30-19)32-9-13-8-14(13)10-32/h4-7,12-14,28H,8-10H2,1-3H3. The number of halogens is 4. The second-order valence-electron chi connectivity index (χ2n) is 9.08. The van der Waals surface area contributed by atoms with Crippen LogP contribution in [0.2, 0.25) is 5.15 Å². The van der Waals surface area contributed by atoms with E-state index in [-0.39, 0.29) is 16.4 Å². The summed E-state index contributed by atoms with van der Waals surface area (Å²) in [6.45, 7) is 5.34. The fourth-order valence-electron chi connectivity index (χ4n) is 4.79. The van der Waals surface area contributed by atoms with Gasteiger partial charge in [0.05, 0.1) is 22.6 Å². The first-order chi connectivity index (χ1) is 15.5. The van der Waals surface area contributed by atoms with E-state index in [4.69, 9.17) is 16.6 Å². The summed E-state index contributed by atoms with van der Waals surface area (Å²) in [4.78, 5) is 23.7. The highest BCUT2D eigenvalue weighted by Gasteiger charge is 2.46. The van der Waals surface area contributed by atoms with Gasteiger partial charge in [-0.3, -0.25) is 9.36 Å². The van der Waals surface area contributed by atoms with Gasteiger partial charge < -0.3 is 10.2 Å². The van der Waals surface area contributed by atoms with Crippen LogP contribution in [0.1, 0.15) is 36.2 Å². The Morgan fingerprint density at radius 3 is 2.55 bits per heavy atom. The SMILES string of the molecule is Cc1cc(C(C)Nc2ccc(Cl)nc2C(F)(F)F)c2nc(N3CC4CC4C3)n(C)c(=O)c2c1. The minimum Gasteiger partial charge on any atom is -0.377 e. The first kappa shape index (κ1) is 22.0. The number of alkyl halides is 3. The summed E-state index contributed by atoms with van der Waals surface area (Å²) in [6, 6.07) is 5.63. The van der Waals surface area contributed by atoms with Gasteiger partial charge in [0.1, 0.15) is 5.15 Å². The molecule has 2 aromatic heterocycles. The normalized spacial score (nSPS) is 20.8. The molecular weight excluding hydrogens is 455 g/mol. The van der Waals surface area contributed by atoms with Gasteiger partial charge in [-0.15, -0.1) is 0 Å². The molecule has 1 aliphatic heterocycles. The number of aromatic nitrogens is 3. The van der Waals surface area contributed by atoms with Gasteiger partial charge in [-0.2, -0.15) is 13.2 Å². The van der Waals surface area contributed by atoms with Gasteiger partial charge in [0.25, 0.3) is 5.56 Å². The lowest BCUT2D eigenvalue weighted by molar-refractivity contribution is -0.140. The van der Waals surface area contributed by atoms with E-state index in [2.05, 4.69) is 15.2 Å². The average molecular weight is 478 g/mol. The zero-order valence-electron chi connectivity index (χ0n) is 18.4. The molecule has 0 spiro atoms. The van der Waals surface area contributed by atoms with Crippen molar-refractivity contribution in [2.75, 3.05) is 23.3 Å². The maximum absolute atomic E-state index is 13.5. The molecule has 1 saturated carbocycles. The van der Waals surface area contributed by atoms with E-state index in [1.165, 1.54) is 18.6 Å². The zero-order valence-corrected chi connectivity index (χ0v) is 19.1. The van der Waals surface area contributed by atoms with Crippen LogP contribution in [0.15, 0.2) is 29.1 Å². The summed E-state index contributed by atoms with van der Waals surface area (Å²) in [6.07, 6.45) is -3.44. The number of benzene rings is 1. The molecule has 1 N–H and O–H groups in total. The third-order valence-electron chi connectivity index (χ3n) is 6.56. The maximum atomic E-state index is 13.5. The largest absolute Gasteiger partial charge is 0.435 e. The highest BCUT2D eigenvalue weighted by molar-refractivity contribution is 6.29. The van der Waals surface area contributed by atoms with Crippen molar-refractivity contribution < 1.29 is 13.2 Å². The lowest BCUT2D eigenvalue weighted by Gasteiger charge is -2.24. The molecule has 2 aliphatic rings. The van der Waals surface area contributed by atoms with Gasteiger partial charge >= 0.3 is 6.18 Å². The molecule has 1 saturated heterocycles. The van der Waals surface area contributed by atoms with Crippen molar-refractivity contribution in [3.63, 3.8) is 0 Å². The van der Waals surface area contributed by atoms with Gasteiger partial charge in [-0.1, -0.05) is 17.7 Å². The van der Waals surface area contributed by atoms with Crippen molar-refractivity contribution in [2.45, 2.75) is 32.5 Å². The lowest BCUT2D eigenvalue weighted by Crippen LogP contribution is -2.31. The number of rotatable bonds is 4. The van der Waals surface area contributed by atoms with E-state index in [1.54, 1.807) is 24.6 Å². The van der Waals surface area contributed by atoms with Gasteiger partial charge in [0.2, 0.25) is 5.95 Å². The van der Waals surface area contributed by atoms with Gasteiger partial charge in [-0.05, 0) is 55.9 Å². The van der Waals surface area contributed by atoms with E-state index >= 15 is 0 Å². The summed E-state index contributed by atoms with van der Waals surface area (Å²) >= 11 is 5.71. The molecule has 0 radical (unpaired) electrons. The molecule has 10 heteroatoms. The Bertz CT molecular complexity index is 1310. The van der Waals surface area contributed by atoms with Crippen LogP contribution in [-0.4, -0.2) is 27.6 Å². The molecule has 6 nitrogen and oxygen atoms in total. The van der Waals surface area contributed by atoms with Crippen molar-refractivity contribution in [1.82, 2.24) is 14.5 Å². The molecule has 1 aromatic carbocycles. The Morgan fingerprint density at radius 2 is 1.88 bits per heavy atom. The van der Waals surface area contributed by atoms with Gasteiger partial charge in [-0.25, -0.2) is 9.97 Å². The lowest BCUT2D eigenvalue weighted by atomic mass is 10.0. The number of nitrogens with one attached hydrogen (secondary N) is 1. The fraction of sp³-hybridized carbons (Fsp3) is 0.435. The van der Waals surface area contributed by atoms with Crippen LogP contribution >= 0.6 is 11.6 Å². The minimum absolute atomic E-state index is 0.170. The smallest absolute Gasteiger partial charge is 0.377 e. The molecule has 3 aromatic rings. The van der Waals surface area contributed by atoms with E-state index in [9.17, 15) is 18.0 Å². The molecule has 3 atom stereocenters. The zero-order chi connectivity index (χ0) is 23.7. The van der Waals surface area contributed by atoms with Gasteiger partial charge in [0, 0.05) is 25.7 Å². The molecule has 33 heavy (non-hydrogen) atoms. The van der Waals surface area contributed by atoms with Crippen LogP contribution in [0.3, 0.4) is 0 Å². The minimum atomic E-state index is -4.67. The third kappa shape index (κ3) is 3.92. The summed E-state index contributed by atoms with van der Waals surface area (Å²) in [7, 11) is 1.71. The van der Waals surface area contributed by atoms with Crippen molar-refractivity contribution in [3.05, 3.63) is 56.6 Å². The molecule has 0 bridgehead atoms. The van der Waals surface area contributed by atoms with Gasteiger partial charge in [0.15, 0.2) is 5.69 Å². The predicted molar refractivity (Wildman–Crippen MR) is 122 cm³/mol. The Morgan fingerprint density at radius 1 is 1.18 bits per heavy atom. The molecule has 3 unspecified atom stereocenters. The molecule has 5 rings (SSSR count). The topological polar surface area (TPSA) is 63.1 Å². The number of piperidine rings is 1. The van der Waals surface area contributed by atoms with Crippen LogP contribution < -0.4 is 15.8 Å². The third-order valence-corrected chi connectivity index (χ3v) is 6.77. The summed E-state index contributed by atoms with van der Waals surface area (Å²) in [5.74, 6) is 1.92. The van der Waals surface area contributed by atoms with Crippen molar-refractivity contribution in [2.24, 2.45) is 18.9 Å². The van der Waals surface area contributed by atoms with Crippen molar-refractivity contribution in [1.29, 1.82) is 0 Å². The number of hydrogen-bond donors (Lipinski definition) is 1. The number of fused-ring (bicyclic) bond motifs is 2. The number of anilines is 2. The molecule has 2 fully saturated rings. The Kier molecular flexibility index (Phi) is 5.08. The summed E-state index contributed by atoms with van der Waals surface area (Å²) in [5.41, 5.74) is 0.533. The van der Waals surface area contributed by atoms with Crippen LogP contribution in [0, 0.1) is 18.8 Å². The second kappa shape index (κ2) is 7.62. The van der Waals surface area contributed by atoms with Crippen LogP contribution in [0.5, 0.6) is 0 Å². The number of aryl methyl sites for hydroxylation is 1. The first-order valence-corrected chi connectivity index (χ1v) is 11.2. The number of pyridine rings is 1. The van der Waals surface area contributed by atoms with Crippen molar-refractivity contribution in [3.8, 4) is 0 Å². The highest BCUT2D eigenvalue weighted by Crippen LogP contribution is 2.46. The fourth-order valence-corrected chi connectivity index (χ4v) is 4.94. The van der Waals surface area contributed by atoms with Crippen LogP contribution in [-0.2, 0) is 13.2 Å². The van der Waals surface area contributed by atoms with Crippen LogP contribution in [0.25, 0.3) is 10.9 Å². The molecule has 0 amide bonds. The highest BCUT2D eigenvalue weighted by atomic mass is 35.5. The van der Waals surface area contributed by atoms with E-state index in [1.807, 2.05) is 13.0 Å². The monoisotopic (exact) mass is 477 g/mol. The van der Waals surface area contributed by atoms with E-state index in [0.717, 1.165) is 18.7 Å². The number of nitrogens with zero attached hydrogens (tertiary/aromatic N) is 4.